The number of carbonyl (C=O) groups is 1. The van der Waals surface area contributed by atoms with Crippen LogP contribution in [0.1, 0.15) is 36.8 Å². The Labute approximate surface area is 163 Å². The number of furan rings is 1. The predicted octanol–water partition coefficient (Wildman–Crippen LogP) is 4.78. The summed E-state index contributed by atoms with van der Waals surface area (Å²) in [6.45, 7) is 10.1. The van der Waals surface area contributed by atoms with E-state index >= 15 is 0 Å². The minimum absolute atomic E-state index is 0.0654. The number of aryl methyl sites for hydroxylation is 3. The van der Waals surface area contributed by atoms with Crippen molar-refractivity contribution in [3.8, 4) is 11.4 Å². The normalized spacial score (nSPS) is 11.2. The van der Waals surface area contributed by atoms with Crippen LogP contribution in [0.15, 0.2) is 40.1 Å². The number of thioether (sulfide) groups is 1. The molecule has 1 aromatic carbocycles. The molecule has 6 nitrogen and oxygen atoms in total. The van der Waals surface area contributed by atoms with Crippen LogP contribution in [0.3, 0.4) is 0 Å². The molecule has 2 heterocycles. The van der Waals surface area contributed by atoms with Crippen LogP contribution in [-0.4, -0.2) is 26.4 Å². The van der Waals surface area contributed by atoms with Gasteiger partial charge in [-0.15, -0.1) is 10.2 Å². The van der Waals surface area contributed by atoms with Gasteiger partial charge in [-0.1, -0.05) is 17.8 Å². The van der Waals surface area contributed by atoms with E-state index in [1.165, 1.54) is 11.8 Å². The highest BCUT2D eigenvalue weighted by molar-refractivity contribution is 7.99. The lowest BCUT2D eigenvalue weighted by atomic mass is 10.1. The first-order valence-electron chi connectivity index (χ1n) is 8.85. The van der Waals surface area contributed by atoms with Crippen LogP contribution >= 0.6 is 11.8 Å². The van der Waals surface area contributed by atoms with Gasteiger partial charge in [-0.25, -0.2) is 0 Å². The number of hydrogen-bond acceptors (Lipinski definition) is 5. The molecule has 3 rings (SSSR count). The molecule has 0 radical (unpaired) electrons. The quantitative estimate of drug-likeness (QED) is 0.620. The lowest BCUT2D eigenvalue weighted by Gasteiger charge is -2.13. The molecule has 0 aliphatic heterocycles. The monoisotopic (exact) mass is 384 g/mol. The van der Waals surface area contributed by atoms with Crippen LogP contribution in [-0.2, 0) is 4.79 Å². The maximum atomic E-state index is 12.4. The number of amides is 1. The number of aromatic nitrogens is 3. The minimum Gasteiger partial charge on any atom is -0.469 e. The molecule has 1 amide bonds. The van der Waals surface area contributed by atoms with E-state index in [-0.39, 0.29) is 17.7 Å². The second-order valence-corrected chi connectivity index (χ2v) is 7.82. The third kappa shape index (κ3) is 4.42. The van der Waals surface area contributed by atoms with Gasteiger partial charge in [-0.05, 0) is 63.9 Å². The highest BCUT2D eigenvalue weighted by Crippen LogP contribution is 2.30. The fourth-order valence-electron chi connectivity index (χ4n) is 3.02. The lowest BCUT2D eigenvalue weighted by molar-refractivity contribution is -0.113. The van der Waals surface area contributed by atoms with E-state index in [1.54, 1.807) is 6.26 Å². The lowest BCUT2D eigenvalue weighted by Crippen LogP contribution is -2.15. The molecule has 0 bridgehead atoms. The molecule has 0 aliphatic rings. The standard InChI is InChI=1S/C20H24N4O2S/c1-12(2)24-19(17-6-7-26-15(17)5)22-23-20(24)27-11-18(25)21-16-9-13(3)8-14(4)10-16/h6-10,12H,11H2,1-5H3,(H,21,25). The first-order valence-corrected chi connectivity index (χ1v) is 9.84. The average Bonchev–Trinajstić information content (AvgIpc) is 3.17. The zero-order valence-electron chi connectivity index (χ0n) is 16.2. The summed E-state index contributed by atoms with van der Waals surface area (Å²) in [6.07, 6.45) is 1.65. The van der Waals surface area contributed by atoms with Crippen LogP contribution in [0.4, 0.5) is 5.69 Å². The second-order valence-electron chi connectivity index (χ2n) is 6.87. The Balaban J connectivity index is 1.73. The van der Waals surface area contributed by atoms with Gasteiger partial charge in [0.05, 0.1) is 17.6 Å². The van der Waals surface area contributed by atoms with Gasteiger partial charge in [0.1, 0.15) is 5.76 Å². The van der Waals surface area contributed by atoms with Gasteiger partial charge in [0.25, 0.3) is 0 Å². The highest BCUT2D eigenvalue weighted by Gasteiger charge is 2.20. The molecule has 3 aromatic rings. The molecule has 0 unspecified atom stereocenters. The largest absolute Gasteiger partial charge is 0.469 e. The summed E-state index contributed by atoms with van der Waals surface area (Å²) in [4.78, 5) is 12.4. The third-order valence-electron chi connectivity index (χ3n) is 4.12. The van der Waals surface area contributed by atoms with Gasteiger partial charge >= 0.3 is 0 Å². The van der Waals surface area contributed by atoms with Crippen LogP contribution < -0.4 is 5.32 Å². The first kappa shape index (κ1) is 19.2. The van der Waals surface area contributed by atoms with Crippen LogP contribution in [0.5, 0.6) is 0 Å². The fraction of sp³-hybridized carbons (Fsp3) is 0.350. The second kappa shape index (κ2) is 8.00. The van der Waals surface area contributed by atoms with Crippen molar-refractivity contribution in [1.82, 2.24) is 14.8 Å². The number of nitrogens with zero attached hydrogens (tertiary/aromatic N) is 3. The van der Waals surface area contributed by atoms with Gasteiger partial charge in [-0.3, -0.25) is 9.36 Å². The maximum absolute atomic E-state index is 12.4. The molecule has 0 spiro atoms. The van der Waals surface area contributed by atoms with Gasteiger partial charge in [0, 0.05) is 11.7 Å². The average molecular weight is 385 g/mol. The number of anilines is 1. The zero-order chi connectivity index (χ0) is 19.6. The highest BCUT2D eigenvalue weighted by atomic mass is 32.2. The van der Waals surface area contributed by atoms with Gasteiger partial charge in [0.2, 0.25) is 5.91 Å². The van der Waals surface area contributed by atoms with E-state index in [0.29, 0.717) is 0 Å². The van der Waals surface area contributed by atoms with E-state index in [9.17, 15) is 4.79 Å². The molecular weight excluding hydrogens is 360 g/mol. The van der Waals surface area contributed by atoms with Gasteiger partial charge < -0.3 is 9.73 Å². The molecule has 27 heavy (non-hydrogen) atoms. The summed E-state index contributed by atoms with van der Waals surface area (Å²) in [5, 5.41) is 12.3. The molecule has 0 saturated heterocycles. The molecule has 142 valence electrons. The Morgan fingerprint density at radius 3 is 2.48 bits per heavy atom. The number of nitrogens with one attached hydrogen (secondary N) is 1. The summed E-state index contributed by atoms with van der Waals surface area (Å²) in [5.41, 5.74) is 3.98. The van der Waals surface area contributed by atoms with Gasteiger partial charge in [0.15, 0.2) is 11.0 Å². The van der Waals surface area contributed by atoms with E-state index in [1.807, 2.05) is 43.5 Å². The molecular formula is C20H24N4O2S. The van der Waals surface area contributed by atoms with Crippen molar-refractivity contribution in [1.29, 1.82) is 0 Å². The summed E-state index contributed by atoms with van der Waals surface area (Å²) in [7, 11) is 0. The number of rotatable bonds is 6. The molecule has 0 atom stereocenters. The van der Waals surface area contributed by atoms with E-state index in [0.717, 1.165) is 39.1 Å². The van der Waals surface area contributed by atoms with Crippen LogP contribution in [0.2, 0.25) is 0 Å². The first-order chi connectivity index (χ1) is 12.8. The summed E-state index contributed by atoms with van der Waals surface area (Å²) >= 11 is 1.38. The van der Waals surface area contributed by atoms with Crippen molar-refractivity contribution in [2.24, 2.45) is 0 Å². The smallest absolute Gasteiger partial charge is 0.234 e. The number of benzene rings is 1. The van der Waals surface area contributed by atoms with E-state index < -0.39 is 0 Å². The van der Waals surface area contributed by atoms with E-state index in [2.05, 4.69) is 35.4 Å². The number of hydrogen-bond donors (Lipinski definition) is 1. The minimum atomic E-state index is -0.0654. The zero-order valence-corrected chi connectivity index (χ0v) is 17.1. The van der Waals surface area contributed by atoms with Gasteiger partial charge in [-0.2, -0.15) is 0 Å². The molecule has 7 heteroatoms. The Kier molecular flexibility index (Phi) is 5.70. The summed E-state index contributed by atoms with van der Waals surface area (Å²) in [5.74, 6) is 1.76. The molecule has 1 N–H and O–H groups in total. The Hall–Kier alpha value is -2.54. The van der Waals surface area contributed by atoms with Crippen LogP contribution in [0, 0.1) is 20.8 Å². The molecule has 0 fully saturated rings. The van der Waals surface area contributed by atoms with Crippen molar-refractivity contribution in [2.45, 2.75) is 45.8 Å². The summed E-state index contributed by atoms with van der Waals surface area (Å²) in [6, 6.07) is 8.06. The van der Waals surface area contributed by atoms with Crippen molar-refractivity contribution >= 4 is 23.4 Å². The molecule has 0 aliphatic carbocycles. The van der Waals surface area contributed by atoms with Crippen LogP contribution in [0.25, 0.3) is 11.4 Å². The van der Waals surface area contributed by atoms with Crippen molar-refractivity contribution in [3.05, 3.63) is 47.4 Å². The van der Waals surface area contributed by atoms with Crippen molar-refractivity contribution in [2.75, 3.05) is 11.1 Å². The Morgan fingerprint density at radius 1 is 1.19 bits per heavy atom. The predicted molar refractivity (Wildman–Crippen MR) is 108 cm³/mol. The Bertz CT molecular complexity index is 939. The van der Waals surface area contributed by atoms with Crippen molar-refractivity contribution < 1.29 is 9.21 Å². The molecule has 2 aromatic heterocycles. The SMILES string of the molecule is Cc1cc(C)cc(NC(=O)CSc2nnc(-c3ccoc3C)n2C(C)C)c1. The topological polar surface area (TPSA) is 73.0 Å². The van der Waals surface area contributed by atoms with Crippen molar-refractivity contribution in [3.63, 3.8) is 0 Å². The molecule has 0 saturated carbocycles. The number of carbonyl (C=O) groups excluding carboxylic acids is 1. The third-order valence-corrected chi connectivity index (χ3v) is 5.06. The Morgan fingerprint density at radius 2 is 1.89 bits per heavy atom. The van der Waals surface area contributed by atoms with E-state index in [4.69, 9.17) is 4.42 Å². The fourth-order valence-corrected chi connectivity index (χ4v) is 3.88. The maximum Gasteiger partial charge on any atom is 0.234 e. The summed E-state index contributed by atoms with van der Waals surface area (Å²) < 4.78 is 7.43.